The van der Waals surface area contributed by atoms with Gasteiger partial charge < -0.3 is 14.9 Å². The van der Waals surface area contributed by atoms with E-state index >= 15 is 0 Å². The van der Waals surface area contributed by atoms with Gasteiger partial charge in [0.15, 0.2) is 0 Å². The molecule has 246 valence electrons. The highest BCUT2D eigenvalue weighted by atomic mass is 16.6. The van der Waals surface area contributed by atoms with E-state index in [1.54, 1.807) is 0 Å². The predicted molar refractivity (Wildman–Crippen MR) is 183 cm³/mol. The van der Waals surface area contributed by atoms with Crippen molar-refractivity contribution in [3.8, 4) is 11.8 Å². The van der Waals surface area contributed by atoms with E-state index in [2.05, 4.69) is 93.2 Å². The molecule has 0 amide bonds. The number of ether oxygens (including phenoxy) is 1. The van der Waals surface area contributed by atoms with Gasteiger partial charge in [-0.1, -0.05) is 142 Å². The van der Waals surface area contributed by atoms with Crippen molar-refractivity contribution in [2.24, 2.45) is 40.4 Å². The molecular weight excluding hydrogens is 528 g/mol. The molecule has 0 aromatic rings. The van der Waals surface area contributed by atoms with Gasteiger partial charge in [0.25, 0.3) is 0 Å². The van der Waals surface area contributed by atoms with E-state index in [1.807, 2.05) is 6.08 Å². The molecule has 0 aromatic heterocycles. The lowest BCUT2D eigenvalue weighted by atomic mass is 9.63. The Kier molecular flexibility index (Phi) is 12.7. The number of aliphatic hydroxyl groups is 2. The molecule has 0 aromatic carbocycles. The molecule has 1 aliphatic heterocycles. The van der Waals surface area contributed by atoms with Crippen LogP contribution >= 0.6 is 0 Å². The van der Waals surface area contributed by atoms with E-state index in [0.29, 0.717) is 11.8 Å². The standard InChI is InChI=1S/C40H68O3/c1-29(17-13-19-31(3)21-22-36-33(5)25-34(41)26-37(36,6)7)15-11-12-16-30(2)18-14-20-32(4)23-24-40-38(8,9)27-35(42)28-39(40,10)43-40/h23-25,29-32,34-36,41-42H,11-20,26-28H2,1-10H3/b24-23+/t29?,30?,31?,32?,34-,35+,36?,39-,40+/m1/s1. The Morgan fingerprint density at radius 1 is 0.837 bits per heavy atom. The second kappa shape index (κ2) is 15.0. The molecule has 3 aliphatic rings. The Morgan fingerprint density at radius 2 is 1.42 bits per heavy atom. The van der Waals surface area contributed by atoms with Crippen LogP contribution < -0.4 is 0 Å². The fourth-order valence-electron chi connectivity index (χ4n) is 8.65. The first kappa shape index (κ1) is 36.4. The minimum Gasteiger partial charge on any atom is -0.393 e. The minimum absolute atomic E-state index is 0.0233. The maximum Gasteiger partial charge on any atom is 0.121 e. The second-order valence-electron chi connectivity index (χ2n) is 17.0. The van der Waals surface area contributed by atoms with Gasteiger partial charge in [-0.15, -0.1) is 0 Å². The normalized spacial score (nSPS) is 34.0. The van der Waals surface area contributed by atoms with Gasteiger partial charge in [0.2, 0.25) is 0 Å². The molecule has 1 heterocycles. The zero-order valence-electron chi connectivity index (χ0n) is 29.8. The number of hydrogen-bond donors (Lipinski definition) is 2. The highest BCUT2D eigenvalue weighted by Gasteiger charge is 2.74. The van der Waals surface area contributed by atoms with E-state index in [1.165, 1.54) is 69.8 Å². The first-order valence-corrected chi connectivity index (χ1v) is 18.0. The van der Waals surface area contributed by atoms with E-state index in [9.17, 15) is 10.2 Å². The van der Waals surface area contributed by atoms with Crippen LogP contribution in [-0.4, -0.2) is 33.6 Å². The molecule has 43 heavy (non-hydrogen) atoms. The zero-order chi connectivity index (χ0) is 32.1. The Hall–Kier alpha value is -1.08. The van der Waals surface area contributed by atoms with Gasteiger partial charge in [-0.2, -0.15) is 0 Å². The molecule has 2 fully saturated rings. The summed E-state index contributed by atoms with van der Waals surface area (Å²) in [7, 11) is 0. The smallest absolute Gasteiger partial charge is 0.121 e. The van der Waals surface area contributed by atoms with Crippen molar-refractivity contribution >= 4 is 0 Å². The third-order valence-corrected chi connectivity index (χ3v) is 11.4. The van der Waals surface area contributed by atoms with Gasteiger partial charge in [-0.25, -0.2) is 0 Å². The van der Waals surface area contributed by atoms with Crippen molar-refractivity contribution in [3.05, 3.63) is 23.8 Å². The van der Waals surface area contributed by atoms with Gasteiger partial charge >= 0.3 is 0 Å². The average molecular weight is 597 g/mol. The number of allylic oxidation sites excluding steroid dienone is 2. The lowest BCUT2D eigenvalue weighted by Crippen LogP contribution is -2.46. The Balaban J connectivity index is 1.24. The Morgan fingerprint density at radius 3 is 2.00 bits per heavy atom. The molecule has 0 radical (unpaired) electrons. The minimum atomic E-state index is -0.320. The fraction of sp³-hybridized carbons (Fsp3) is 0.850. The summed E-state index contributed by atoms with van der Waals surface area (Å²) in [5.74, 6) is 10.0. The first-order chi connectivity index (χ1) is 20.0. The summed E-state index contributed by atoms with van der Waals surface area (Å²) in [5, 5.41) is 20.4. The molecule has 3 nitrogen and oxygen atoms in total. The fourth-order valence-corrected chi connectivity index (χ4v) is 8.65. The Labute approximate surface area is 266 Å². The third-order valence-electron chi connectivity index (χ3n) is 11.4. The number of rotatable bonds is 15. The van der Waals surface area contributed by atoms with Crippen molar-refractivity contribution in [3.63, 3.8) is 0 Å². The second-order valence-corrected chi connectivity index (χ2v) is 17.0. The van der Waals surface area contributed by atoms with Gasteiger partial charge in [0.05, 0.1) is 12.2 Å². The van der Waals surface area contributed by atoms with Crippen LogP contribution in [0.4, 0.5) is 0 Å². The van der Waals surface area contributed by atoms with Crippen LogP contribution in [0.25, 0.3) is 0 Å². The van der Waals surface area contributed by atoms with E-state index in [4.69, 9.17) is 4.74 Å². The summed E-state index contributed by atoms with van der Waals surface area (Å²) in [5.41, 5.74) is 0.860. The number of hydrogen-bond acceptors (Lipinski definition) is 3. The van der Waals surface area contributed by atoms with Crippen LogP contribution in [0.3, 0.4) is 0 Å². The van der Waals surface area contributed by atoms with Gasteiger partial charge in [0, 0.05) is 23.7 Å². The molecule has 5 unspecified atom stereocenters. The SMILES string of the molecule is CC1=C[C@@H](O)CC(C)(C)C1C#CC(C)CCCC(C)CCCCC(C)CCCC(C)/C=C/[C@@]12O[C@]1(C)C[C@@H](O)CC2(C)C. The van der Waals surface area contributed by atoms with Crippen LogP contribution in [0, 0.1) is 52.3 Å². The van der Waals surface area contributed by atoms with E-state index in [0.717, 1.165) is 31.1 Å². The molecule has 2 aliphatic carbocycles. The van der Waals surface area contributed by atoms with Gasteiger partial charge in [-0.05, 0) is 62.7 Å². The summed E-state index contributed by atoms with van der Waals surface area (Å²) in [6, 6.07) is 0. The number of fused-ring (bicyclic) bond motifs is 1. The summed E-state index contributed by atoms with van der Waals surface area (Å²) in [4.78, 5) is 0. The van der Waals surface area contributed by atoms with Crippen molar-refractivity contribution in [2.75, 3.05) is 0 Å². The summed E-state index contributed by atoms with van der Waals surface area (Å²) < 4.78 is 6.32. The highest BCUT2D eigenvalue weighted by Crippen LogP contribution is 2.66. The number of aliphatic hydroxyl groups excluding tert-OH is 2. The van der Waals surface area contributed by atoms with Crippen LogP contribution in [0.15, 0.2) is 23.8 Å². The average Bonchev–Trinajstić information content (AvgIpc) is 3.49. The largest absolute Gasteiger partial charge is 0.393 e. The first-order valence-electron chi connectivity index (χ1n) is 18.0. The predicted octanol–water partition coefficient (Wildman–Crippen LogP) is 10.1. The topological polar surface area (TPSA) is 53.0 Å². The monoisotopic (exact) mass is 597 g/mol. The molecular formula is C40H68O3. The lowest BCUT2D eigenvalue weighted by molar-refractivity contribution is 0.0513. The number of epoxide rings is 1. The lowest BCUT2D eigenvalue weighted by Gasteiger charge is -2.39. The van der Waals surface area contributed by atoms with Crippen molar-refractivity contribution in [1.82, 2.24) is 0 Å². The summed E-state index contributed by atoms with van der Waals surface area (Å²) >= 11 is 0. The van der Waals surface area contributed by atoms with Gasteiger partial charge in [-0.3, -0.25) is 0 Å². The molecule has 1 saturated carbocycles. The summed E-state index contributed by atoms with van der Waals surface area (Å²) in [6.45, 7) is 22.8. The summed E-state index contributed by atoms with van der Waals surface area (Å²) in [6.07, 6.45) is 21.6. The van der Waals surface area contributed by atoms with Crippen LogP contribution in [0.5, 0.6) is 0 Å². The quantitative estimate of drug-likeness (QED) is 0.0856. The van der Waals surface area contributed by atoms with E-state index < -0.39 is 0 Å². The molecule has 0 spiro atoms. The molecule has 0 bridgehead atoms. The number of unbranched alkanes of at least 4 members (excludes halogenated alkanes) is 1. The third kappa shape index (κ3) is 9.70. The molecule has 9 atom stereocenters. The maximum atomic E-state index is 10.3. The van der Waals surface area contributed by atoms with Gasteiger partial charge in [0.1, 0.15) is 11.2 Å². The molecule has 2 N–H and O–H groups in total. The van der Waals surface area contributed by atoms with Crippen LogP contribution in [-0.2, 0) is 4.74 Å². The molecule has 3 heteroatoms. The van der Waals surface area contributed by atoms with Crippen LogP contribution in [0.2, 0.25) is 0 Å². The van der Waals surface area contributed by atoms with Crippen molar-refractivity contribution in [2.45, 2.75) is 176 Å². The molecule has 3 rings (SSSR count). The highest BCUT2D eigenvalue weighted by molar-refractivity contribution is 5.32. The molecule has 1 saturated heterocycles. The van der Waals surface area contributed by atoms with E-state index in [-0.39, 0.29) is 40.2 Å². The zero-order valence-corrected chi connectivity index (χ0v) is 29.8. The maximum absolute atomic E-state index is 10.3. The van der Waals surface area contributed by atoms with Crippen molar-refractivity contribution < 1.29 is 14.9 Å². The van der Waals surface area contributed by atoms with Crippen LogP contribution in [0.1, 0.15) is 153 Å². The Bertz CT molecular complexity index is 1010. The van der Waals surface area contributed by atoms with Crippen molar-refractivity contribution in [1.29, 1.82) is 0 Å².